The largest absolute Gasteiger partial charge is 0.476 e. The first-order valence-electron chi connectivity index (χ1n) is 5.12. The molecule has 0 aliphatic carbocycles. The van der Waals surface area contributed by atoms with Crippen molar-refractivity contribution >= 4 is 5.90 Å². The third-order valence-electron chi connectivity index (χ3n) is 2.10. The summed E-state index contributed by atoms with van der Waals surface area (Å²) in [6.07, 6.45) is 3.32. The fourth-order valence-electron chi connectivity index (χ4n) is 1.51. The third kappa shape index (κ3) is 3.77. The molecule has 0 bridgehead atoms. The van der Waals surface area contributed by atoms with Gasteiger partial charge >= 0.3 is 0 Å². The Kier molecular flexibility index (Phi) is 4.22. The molecule has 0 aromatic rings. The number of hydrogen-bond acceptors (Lipinski definition) is 3. The molecule has 0 saturated heterocycles. The van der Waals surface area contributed by atoms with Gasteiger partial charge in [-0.1, -0.05) is 13.8 Å². The molecule has 1 atom stereocenters. The number of hydrogen-bond donors (Lipinski definition) is 1. The second kappa shape index (κ2) is 5.22. The summed E-state index contributed by atoms with van der Waals surface area (Å²) < 4.78 is 5.67. The topological polar surface area (TPSA) is 47.6 Å². The van der Waals surface area contributed by atoms with E-state index < -0.39 is 0 Å². The van der Waals surface area contributed by atoms with Crippen LogP contribution in [-0.4, -0.2) is 25.1 Å². The van der Waals surface area contributed by atoms with Crippen LogP contribution in [-0.2, 0) is 4.74 Å². The van der Waals surface area contributed by atoms with Gasteiger partial charge in [-0.05, 0) is 25.3 Å². The average Bonchev–Trinajstić information content (AvgIpc) is 2.48. The minimum atomic E-state index is 0.327. The molecule has 0 aromatic heterocycles. The standard InChI is InChI=1S/C10H20N2O/c1-8(2)6-9-7-12-10(13-9)4-3-5-11/h8-9H,3-7,11H2,1-2H3. The second-order valence-corrected chi connectivity index (χ2v) is 4.00. The van der Waals surface area contributed by atoms with Crippen molar-refractivity contribution in [3.8, 4) is 0 Å². The molecule has 0 amide bonds. The van der Waals surface area contributed by atoms with E-state index in [1.165, 1.54) is 0 Å². The van der Waals surface area contributed by atoms with Gasteiger partial charge in [-0.25, -0.2) is 0 Å². The van der Waals surface area contributed by atoms with Crippen LogP contribution in [0, 0.1) is 5.92 Å². The fourth-order valence-corrected chi connectivity index (χ4v) is 1.51. The summed E-state index contributed by atoms with van der Waals surface area (Å²) in [4.78, 5) is 4.35. The predicted octanol–water partition coefficient (Wildman–Crippen LogP) is 1.57. The molecule has 0 radical (unpaired) electrons. The first-order valence-corrected chi connectivity index (χ1v) is 5.12. The smallest absolute Gasteiger partial charge is 0.183 e. The number of aliphatic imine (C=N–C) groups is 1. The van der Waals surface area contributed by atoms with Gasteiger partial charge < -0.3 is 10.5 Å². The molecule has 0 fully saturated rings. The monoisotopic (exact) mass is 184 g/mol. The van der Waals surface area contributed by atoms with E-state index in [0.717, 1.165) is 38.2 Å². The lowest BCUT2D eigenvalue weighted by atomic mass is 10.1. The zero-order valence-corrected chi connectivity index (χ0v) is 8.62. The summed E-state index contributed by atoms with van der Waals surface area (Å²) in [5.74, 6) is 1.60. The van der Waals surface area contributed by atoms with Gasteiger partial charge in [-0.3, -0.25) is 4.99 Å². The molecule has 1 aliphatic rings. The lowest BCUT2D eigenvalue weighted by molar-refractivity contribution is 0.190. The van der Waals surface area contributed by atoms with Gasteiger partial charge in [0, 0.05) is 6.42 Å². The van der Waals surface area contributed by atoms with E-state index >= 15 is 0 Å². The van der Waals surface area contributed by atoms with Crippen molar-refractivity contribution in [2.24, 2.45) is 16.6 Å². The van der Waals surface area contributed by atoms with Gasteiger partial charge in [0.1, 0.15) is 6.10 Å². The molecule has 1 rings (SSSR count). The van der Waals surface area contributed by atoms with Gasteiger partial charge in [0.05, 0.1) is 6.54 Å². The predicted molar refractivity (Wildman–Crippen MR) is 54.9 cm³/mol. The molecule has 1 heterocycles. The number of rotatable bonds is 5. The van der Waals surface area contributed by atoms with Gasteiger partial charge in [0.25, 0.3) is 0 Å². The normalized spacial score (nSPS) is 21.8. The lowest BCUT2D eigenvalue weighted by Gasteiger charge is -2.12. The Balaban J connectivity index is 2.18. The minimum absolute atomic E-state index is 0.327. The van der Waals surface area contributed by atoms with Crippen LogP contribution in [0.25, 0.3) is 0 Å². The quantitative estimate of drug-likeness (QED) is 0.705. The molecule has 2 N–H and O–H groups in total. The van der Waals surface area contributed by atoms with E-state index in [2.05, 4.69) is 18.8 Å². The van der Waals surface area contributed by atoms with E-state index in [-0.39, 0.29) is 0 Å². The molecule has 3 nitrogen and oxygen atoms in total. The van der Waals surface area contributed by atoms with Crippen molar-refractivity contribution in [2.75, 3.05) is 13.1 Å². The SMILES string of the molecule is CC(C)CC1CN=C(CCCN)O1. The van der Waals surface area contributed by atoms with Gasteiger partial charge in [-0.2, -0.15) is 0 Å². The molecule has 13 heavy (non-hydrogen) atoms. The van der Waals surface area contributed by atoms with Crippen LogP contribution in [0.1, 0.15) is 33.1 Å². The summed E-state index contributed by atoms with van der Waals surface area (Å²) >= 11 is 0. The van der Waals surface area contributed by atoms with Crippen molar-refractivity contribution in [3.63, 3.8) is 0 Å². The van der Waals surface area contributed by atoms with E-state index in [4.69, 9.17) is 10.5 Å². The van der Waals surface area contributed by atoms with Gasteiger partial charge in [0.15, 0.2) is 5.90 Å². The Labute approximate surface area is 80.4 Å². The Hall–Kier alpha value is -0.570. The molecule has 1 unspecified atom stereocenters. The highest BCUT2D eigenvalue weighted by molar-refractivity contribution is 5.77. The number of nitrogens with zero attached hydrogens (tertiary/aromatic N) is 1. The molecule has 76 valence electrons. The van der Waals surface area contributed by atoms with E-state index in [1.54, 1.807) is 0 Å². The molecule has 1 aliphatic heterocycles. The summed E-state index contributed by atoms with van der Waals surface area (Å²) in [6.45, 7) is 5.98. The van der Waals surface area contributed by atoms with E-state index in [1.807, 2.05) is 0 Å². The molecular weight excluding hydrogens is 164 g/mol. The van der Waals surface area contributed by atoms with Crippen molar-refractivity contribution in [1.82, 2.24) is 0 Å². The molecular formula is C10H20N2O. The average molecular weight is 184 g/mol. The van der Waals surface area contributed by atoms with E-state index in [0.29, 0.717) is 12.0 Å². The first-order chi connectivity index (χ1) is 6.22. The number of nitrogens with two attached hydrogens (primary N) is 1. The molecule has 0 saturated carbocycles. The second-order valence-electron chi connectivity index (χ2n) is 4.00. The van der Waals surface area contributed by atoms with Crippen LogP contribution in [0.5, 0.6) is 0 Å². The van der Waals surface area contributed by atoms with Crippen molar-refractivity contribution in [1.29, 1.82) is 0 Å². The van der Waals surface area contributed by atoms with Gasteiger partial charge in [0.2, 0.25) is 0 Å². The van der Waals surface area contributed by atoms with E-state index in [9.17, 15) is 0 Å². The van der Waals surface area contributed by atoms with Crippen molar-refractivity contribution in [3.05, 3.63) is 0 Å². The maximum absolute atomic E-state index is 5.67. The van der Waals surface area contributed by atoms with Crippen LogP contribution in [0.3, 0.4) is 0 Å². The highest BCUT2D eigenvalue weighted by atomic mass is 16.5. The van der Waals surface area contributed by atoms with Crippen LogP contribution in [0.4, 0.5) is 0 Å². The van der Waals surface area contributed by atoms with Crippen LogP contribution in [0.2, 0.25) is 0 Å². The summed E-state index contributed by atoms with van der Waals surface area (Å²) in [5.41, 5.74) is 5.41. The lowest BCUT2D eigenvalue weighted by Crippen LogP contribution is -2.16. The highest BCUT2D eigenvalue weighted by Crippen LogP contribution is 2.15. The maximum Gasteiger partial charge on any atom is 0.183 e. The third-order valence-corrected chi connectivity index (χ3v) is 2.10. The Morgan fingerprint density at radius 1 is 1.62 bits per heavy atom. The summed E-state index contributed by atoms with van der Waals surface area (Å²) in [7, 11) is 0. The summed E-state index contributed by atoms with van der Waals surface area (Å²) in [5, 5.41) is 0. The Morgan fingerprint density at radius 3 is 3.00 bits per heavy atom. The zero-order valence-electron chi connectivity index (χ0n) is 8.62. The Morgan fingerprint density at radius 2 is 2.38 bits per heavy atom. The number of ether oxygens (including phenoxy) is 1. The van der Waals surface area contributed by atoms with Crippen molar-refractivity contribution in [2.45, 2.75) is 39.2 Å². The highest BCUT2D eigenvalue weighted by Gasteiger charge is 2.19. The maximum atomic E-state index is 5.67. The van der Waals surface area contributed by atoms with Crippen LogP contribution < -0.4 is 5.73 Å². The minimum Gasteiger partial charge on any atom is -0.476 e. The van der Waals surface area contributed by atoms with Gasteiger partial charge in [-0.15, -0.1) is 0 Å². The van der Waals surface area contributed by atoms with Crippen LogP contribution in [0.15, 0.2) is 4.99 Å². The summed E-state index contributed by atoms with van der Waals surface area (Å²) in [6, 6.07) is 0. The molecule has 3 heteroatoms. The fraction of sp³-hybridized carbons (Fsp3) is 0.900. The van der Waals surface area contributed by atoms with Crippen LogP contribution >= 0.6 is 0 Å². The molecule has 0 spiro atoms. The molecule has 0 aromatic carbocycles. The van der Waals surface area contributed by atoms with Crippen molar-refractivity contribution < 1.29 is 4.74 Å². The zero-order chi connectivity index (χ0) is 9.68. The first kappa shape index (κ1) is 10.5. The Bertz CT molecular complexity index is 178.